The molecule has 0 radical (unpaired) electrons. The second kappa shape index (κ2) is 2.68. The fourth-order valence-corrected chi connectivity index (χ4v) is 0.792. The molecule has 1 aliphatic rings. The SMILES string of the molecule is [O-][O+]1CCN(S)CC1. The molecule has 0 unspecified atom stereocenters. The van der Waals surface area contributed by atoms with Gasteiger partial charge in [0.25, 0.3) is 0 Å². The van der Waals surface area contributed by atoms with Crippen LogP contribution in [0.4, 0.5) is 0 Å². The van der Waals surface area contributed by atoms with Crippen molar-refractivity contribution >= 4 is 12.8 Å². The molecule has 0 aromatic rings. The summed E-state index contributed by atoms with van der Waals surface area (Å²) in [4.78, 5) is 0. The number of nitrogens with zero attached hydrogens (tertiary/aromatic N) is 1. The second-order valence-corrected chi connectivity index (χ2v) is 2.37. The lowest BCUT2D eigenvalue weighted by Crippen LogP contribution is -2.42. The van der Waals surface area contributed by atoms with Crippen molar-refractivity contribution in [3.05, 3.63) is 0 Å². The Hall–Kier alpha value is 0.230. The summed E-state index contributed by atoms with van der Waals surface area (Å²) in [6.07, 6.45) is 0. The van der Waals surface area contributed by atoms with Crippen molar-refractivity contribution in [3.8, 4) is 0 Å². The molecule has 0 N–H and O–H groups in total. The molecular weight excluding hydrogens is 126 g/mol. The minimum atomic E-state index is 0.517. The molecule has 0 atom stereocenters. The summed E-state index contributed by atoms with van der Waals surface area (Å²) in [5.41, 5.74) is 0. The molecule has 1 saturated heterocycles. The third-order valence-corrected chi connectivity index (χ3v) is 1.55. The van der Waals surface area contributed by atoms with E-state index in [0.717, 1.165) is 13.1 Å². The van der Waals surface area contributed by atoms with Crippen LogP contribution in [0.2, 0.25) is 0 Å². The van der Waals surface area contributed by atoms with Gasteiger partial charge in [0, 0.05) is 0 Å². The molecule has 1 rings (SSSR count). The maximum absolute atomic E-state index is 10.4. The number of hydrogen-bond donors (Lipinski definition) is 1. The van der Waals surface area contributed by atoms with Crippen molar-refractivity contribution in [2.75, 3.05) is 26.3 Å². The van der Waals surface area contributed by atoms with Crippen molar-refractivity contribution in [1.82, 2.24) is 4.31 Å². The molecule has 3 nitrogen and oxygen atoms in total. The Morgan fingerprint density at radius 3 is 2.25 bits per heavy atom. The van der Waals surface area contributed by atoms with E-state index < -0.39 is 0 Å². The van der Waals surface area contributed by atoms with Crippen LogP contribution in [0.15, 0.2) is 0 Å². The van der Waals surface area contributed by atoms with E-state index in [0.29, 0.717) is 13.2 Å². The highest BCUT2D eigenvalue weighted by molar-refractivity contribution is 7.77. The van der Waals surface area contributed by atoms with E-state index in [1.165, 1.54) is 0 Å². The molecule has 0 amide bonds. The zero-order chi connectivity index (χ0) is 5.98. The first-order valence-corrected chi connectivity index (χ1v) is 2.98. The Morgan fingerprint density at radius 2 is 1.88 bits per heavy atom. The van der Waals surface area contributed by atoms with E-state index in [-0.39, 0.29) is 0 Å². The van der Waals surface area contributed by atoms with Gasteiger partial charge < -0.3 is 9.78 Å². The van der Waals surface area contributed by atoms with Gasteiger partial charge in [0.2, 0.25) is 0 Å². The van der Waals surface area contributed by atoms with Gasteiger partial charge in [-0.1, -0.05) is 12.8 Å². The standard InChI is InChI=1S/C4H9NO2S/c6-7-3-1-5(8)2-4-7/h8H,1-4H2. The highest BCUT2D eigenvalue weighted by atomic mass is 32.1. The predicted molar refractivity (Wildman–Crippen MR) is 31.4 cm³/mol. The number of thiol groups is 1. The van der Waals surface area contributed by atoms with Gasteiger partial charge in [-0.15, -0.1) is 0 Å². The summed E-state index contributed by atoms with van der Waals surface area (Å²) >= 11 is 4.06. The first-order valence-electron chi connectivity index (χ1n) is 2.58. The molecule has 1 heterocycles. The molecule has 0 bridgehead atoms. The van der Waals surface area contributed by atoms with E-state index in [4.69, 9.17) is 0 Å². The van der Waals surface area contributed by atoms with Gasteiger partial charge in [-0.25, -0.2) is 4.31 Å². The minimum Gasteiger partial charge on any atom is -0.534 e. The fraction of sp³-hybridized carbons (Fsp3) is 1.00. The average Bonchev–Trinajstić information content (AvgIpc) is 1.77. The molecule has 0 saturated carbocycles. The normalized spacial score (nSPS) is 26.2. The average molecular weight is 135 g/mol. The molecule has 1 aliphatic heterocycles. The molecule has 0 aromatic carbocycles. The monoisotopic (exact) mass is 135 g/mol. The minimum absolute atomic E-state index is 0.517. The van der Waals surface area contributed by atoms with Crippen molar-refractivity contribution in [2.45, 2.75) is 0 Å². The lowest BCUT2D eigenvalue weighted by molar-refractivity contribution is -0.796. The molecular formula is C4H9NO2S. The predicted octanol–water partition coefficient (Wildman–Crippen LogP) is -1.03. The van der Waals surface area contributed by atoms with Crippen LogP contribution in [0.3, 0.4) is 0 Å². The van der Waals surface area contributed by atoms with E-state index in [9.17, 15) is 5.26 Å². The largest absolute Gasteiger partial charge is 0.534 e. The zero-order valence-corrected chi connectivity index (χ0v) is 5.43. The Morgan fingerprint density at radius 1 is 1.38 bits per heavy atom. The number of rotatable bonds is 0. The Labute approximate surface area is 54.0 Å². The molecule has 48 valence electrons. The van der Waals surface area contributed by atoms with Crippen LogP contribution < -0.4 is 5.26 Å². The van der Waals surface area contributed by atoms with Crippen molar-refractivity contribution < 1.29 is 9.78 Å². The third kappa shape index (κ3) is 1.63. The van der Waals surface area contributed by atoms with Crippen LogP contribution in [-0.2, 0) is 4.52 Å². The molecule has 0 aromatic heterocycles. The molecule has 1 fully saturated rings. The molecule has 0 aliphatic carbocycles. The summed E-state index contributed by atoms with van der Waals surface area (Å²) in [7, 11) is 0. The maximum Gasteiger partial charge on any atom is 0.165 e. The lowest BCUT2D eigenvalue weighted by Gasteiger charge is -2.29. The first kappa shape index (κ1) is 6.35. The van der Waals surface area contributed by atoms with Gasteiger partial charge in [0.05, 0.1) is 13.1 Å². The van der Waals surface area contributed by atoms with Gasteiger partial charge in [0.15, 0.2) is 13.2 Å². The number of morpholine rings is 1. The summed E-state index contributed by atoms with van der Waals surface area (Å²) < 4.78 is 3.59. The topological polar surface area (TPSA) is 29.0 Å². The van der Waals surface area contributed by atoms with Gasteiger partial charge in [-0.3, -0.25) is 0 Å². The highest BCUT2D eigenvalue weighted by Gasteiger charge is 2.12. The Bertz CT molecular complexity index is 62.4. The van der Waals surface area contributed by atoms with E-state index >= 15 is 0 Å². The maximum atomic E-state index is 10.4. The van der Waals surface area contributed by atoms with Crippen LogP contribution in [0.25, 0.3) is 0 Å². The zero-order valence-electron chi connectivity index (χ0n) is 4.54. The summed E-state index contributed by atoms with van der Waals surface area (Å²) in [6.45, 7) is 2.53. The van der Waals surface area contributed by atoms with Crippen molar-refractivity contribution in [2.24, 2.45) is 0 Å². The van der Waals surface area contributed by atoms with Crippen LogP contribution in [-0.4, -0.2) is 30.6 Å². The summed E-state index contributed by atoms with van der Waals surface area (Å²) in [5, 5.41) is 10.4. The molecule has 4 heteroatoms. The van der Waals surface area contributed by atoms with Gasteiger partial charge >= 0.3 is 0 Å². The van der Waals surface area contributed by atoms with Crippen molar-refractivity contribution in [3.63, 3.8) is 0 Å². The first-order chi connectivity index (χ1) is 3.79. The fourth-order valence-electron chi connectivity index (χ4n) is 0.628. The van der Waals surface area contributed by atoms with Crippen molar-refractivity contribution in [1.29, 1.82) is 0 Å². The van der Waals surface area contributed by atoms with Crippen LogP contribution in [0, 0.1) is 0 Å². The van der Waals surface area contributed by atoms with Crippen LogP contribution >= 0.6 is 12.8 Å². The van der Waals surface area contributed by atoms with E-state index in [1.54, 1.807) is 4.52 Å². The third-order valence-electron chi connectivity index (χ3n) is 1.15. The van der Waals surface area contributed by atoms with Gasteiger partial charge in [-0.2, -0.15) is 0 Å². The molecule has 0 spiro atoms. The summed E-state index contributed by atoms with van der Waals surface area (Å²) in [6, 6.07) is 0. The smallest absolute Gasteiger partial charge is 0.165 e. The number of hydrogen-bond acceptors (Lipinski definition) is 3. The van der Waals surface area contributed by atoms with Gasteiger partial charge in [0.1, 0.15) is 0 Å². The molecule has 8 heavy (non-hydrogen) atoms. The lowest BCUT2D eigenvalue weighted by atomic mass is 10.5. The van der Waals surface area contributed by atoms with Gasteiger partial charge in [-0.05, 0) is 0 Å². The Balaban J connectivity index is 2.19. The second-order valence-electron chi connectivity index (χ2n) is 1.80. The van der Waals surface area contributed by atoms with E-state index in [1.807, 2.05) is 4.31 Å². The van der Waals surface area contributed by atoms with Crippen LogP contribution in [0.1, 0.15) is 0 Å². The Kier molecular flexibility index (Phi) is 2.13. The van der Waals surface area contributed by atoms with E-state index in [2.05, 4.69) is 12.8 Å². The highest BCUT2D eigenvalue weighted by Crippen LogP contribution is 2.01. The van der Waals surface area contributed by atoms with Crippen LogP contribution in [0.5, 0.6) is 0 Å². The summed E-state index contributed by atoms with van der Waals surface area (Å²) in [5.74, 6) is 0. The quantitative estimate of drug-likeness (QED) is 0.261.